The van der Waals surface area contributed by atoms with Crippen molar-refractivity contribution in [2.45, 2.75) is 19.4 Å². The molecule has 0 radical (unpaired) electrons. The lowest BCUT2D eigenvalue weighted by Gasteiger charge is -2.14. The summed E-state index contributed by atoms with van der Waals surface area (Å²) in [6.07, 6.45) is 0.406. The average Bonchev–Trinajstić information content (AvgIpc) is 3.42. The summed E-state index contributed by atoms with van der Waals surface area (Å²) in [6, 6.07) is 12.1. The summed E-state index contributed by atoms with van der Waals surface area (Å²) in [6.45, 7) is 1.75. The first-order valence-electron chi connectivity index (χ1n) is 11.6. The number of methoxy groups -OCH3 is 2. The zero-order valence-electron chi connectivity index (χ0n) is 20.5. The van der Waals surface area contributed by atoms with Gasteiger partial charge in [0, 0.05) is 11.6 Å². The van der Waals surface area contributed by atoms with Crippen LogP contribution in [0.25, 0.3) is 22.3 Å². The van der Waals surface area contributed by atoms with E-state index in [1.807, 2.05) is 0 Å². The minimum absolute atomic E-state index is 0.0474. The number of sulfone groups is 1. The first-order valence-corrected chi connectivity index (χ1v) is 13.4. The molecule has 5 rings (SSSR count). The van der Waals surface area contributed by atoms with E-state index in [9.17, 15) is 17.6 Å². The Balaban J connectivity index is 1.67. The van der Waals surface area contributed by atoms with Gasteiger partial charge in [-0.25, -0.2) is 22.5 Å². The van der Waals surface area contributed by atoms with Crippen LogP contribution >= 0.6 is 0 Å². The van der Waals surface area contributed by atoms with Crippen molar-refractivity contribution in [2.75, 3.05) is 31.0 Å². The van der Waals surface area contributed by atoms with Crippen LogP contribution < -0.4 is 14.8 Å². The number of carbonyl (C=O) groups is 1. The Morgan fingerprint density at radius 3 is 2.51 bits per heavy atom. The normalized spacial score (nSPS) is 16.6. The van der Waals surface area contributed by atoms with Crippen LogP contribution in [0.1, 0.15) is 28.5 Å². The molecule has 1 N–H and O–H groups in total. The van der Waals surface area contributed by atoms with Crippen molar-refractivity contribution in [2.24, 2.45) is 0 Å². The average molecular weight is 525 g/mol. The molecule has 1 fully saturated rings. The maximum Gasteiger partial charge on any atom is 0.256 e. The van der Waals surface area contributed by atoms with Gasteiger partial charge in [-0.2, -0.15) is 5.10 Å². The van der Waals surface area contributed by atoms with E-state index in [0.29, 0.717) is 57.2 Å². The van der Waals surface area contributed by atoms with E-state index < -0.39 is 27.6 Å². The fourth-order valence-electron chi connectivity index (χ4n) is 4.58. The van der Waals surface area contributed by atoms with Crippen LogP contribution in [0.4, 0.5) is 10.1 Å². The van der Waals surface area contributed by atoms with E-state index in [1.54, 1.807) is 48.0 Å². The third kappa shape index (κ3) is 4.74. The maximum atomic E-state index is 13.7. The van der Waals surface area contributed by atoms with Gasteiger partial charge in [0.15, 0.2) is 15.5 Å². The minimum atomic E-state index is -3.19. The molecule has 0 spiro atoms. The van der Waals surface area contributed by atoms with E-state index in [0.717, 1.165) is 0 Å². The maximum absolute atomic E-state index is 13.7. The second-order valence-corrected chi connectivity index (χ2v) is 11.1. The van der Waals surface area contributed by atoms with Crippen LogP contribution in [0, 0.1) is 12.7 Å². The number of pyridine rings is 1. The molecule has 1 aliphatic rings. The lowest BCUT2D eigenvalue weighted by Crippen LogP contribution is -2.15. The summed E-state index contributed by atoms with van der Waals surface area (Å²) < 4.78 is 50.3. The highest BCUT2D eigenvalue weighted by Crippen LogP contribution is 2.34. The summed E-state index contributed by atoms with van der Waals surface area (Å²) >= 11 is 0. The Morgan fingerprint density at radius 1 is 1.11 bits per heavy atom. The largest absolute Gasteiger partial charge is 0.497 e. The number of aromatic nitrogens is 3. The van der Waals surface area contributed by atoms with E-state index in [2.05, 4.69) is 10.4 Å². The summed E-state index contributed by atoms with van der Waals surface area (Å²) in [5.74, 6) is 0.164. The Kier molecular flexibility index (Phi) is 6.32. The van der Waals surface area contributed by atoms with Crippen molar-refractivity contribution in [3.05, 3.63) is 65.6 Å². The van der Waals surface area contributed by atoms with Gasteiger partial charge >= 0.3 is 0 Å². The molecule has 37 heavy (non-hydrogen) atoms. The van der Waals surface area contributed by atoms with Crippen molar-refractivity contribution in [1.29, 1.82) is 0 Å². The number of carbonyl (C=O) groups excluding carboxylic acids is 1. The van der Waals surface area contributed by atoms with Crippen molar-refractivity contribution >= 4 is 32.5 Å². The molecule has 2 aromatic heterocycles. The molecule has 1 unspecified atom stereocenters. The van der Waals surface area contributed by atoms with E-state index >= 15 is 0 Å². The summed E-state index contributed by atoms with van der Waals surface area (Å²) in [7, 11) is -0.165. The number of nitrogens with zero attached hydrogens (tertiary/aromatic N) is 3. The predicted molar refractivity (Wildman–Crippen MR) is 137 cm³/mol. The number of hydrogen-bond donors (Lipinski definition) is 1. The Morgan fingerprint density at radius 2 is 1.86 bits per heavy atom. The molecule has 0 aliphatic carbocycles. The number of ether oxygens (including phenoxy) is 2. The molecule has 1 amide bonds. The number of amides is 1. The molecular formula is C26H25FN4O5S. The van der Waals surface area contributed by atoms with Gasteiger partial charge in [-0.3, -0.25) is 4.79 Å². The quantitative estimate of drug-likeness (QED) is 0.403. The highest BCUT2D eigenvalue weighted by molar-refractivity contribution is 7.91. The Labute approximate surface area is 213 Å². The molecule has 4 aromatic rings. The first-order chi connectivity index (χ1) is 17.7. The molecule has 2 aromatic carbocycles. The van der Waals surface area contributed by atoms with Gasteiger partial charge in [0.05, 0.1) is 59.8 Å². The van der Waals surface area contributed by atoms with Gasteiger partial charge in [0.1, 0.15) is 17.3 Å². The molecule has 1 aliphatic heterocycles. The number of rotatable bonds is 6. The van der Waals surface area contributed by atoms with Crippen LogP contribution in [-0.4, -0.2) is 54.8 Å². The molecule has 0 bridgehead atoms. The van der Waals surface area contributed by atoms with Crippen LogP contribution in [-0.2, 0) is 9.84 Å². The fraction of sp³-hybridized carbons (Fsp3) is 0.269. The number of fused-ring (bicyclic) bond motifs is 1. The van der Waals surface area contributed by atoms with Crippen molar-refractivity contribution < 1.29 is 27.1 Å². The Hall–Kier alpha value is -3.99. The highest BCUT2D eigenvalue weighted by atomic mass is 32.2. The van der Waals surface area contributed by atoms with Crippen molar-refractivity contribution in [3.8, 4) is 22.8 Å². The third-order valence-corrected chi connectivity index (χ3v) is 8.18. The summed E-state index contributed by atoms with van der Waals surface area (Å²) in [5.41, 5.74) is 2.66. The molecule has 0 saturated carbocycles. The van der Waals surface area contributed by atoms with Crippen LogP contribution in [0.5, 0.6) is 11.5 Å². The number of aryl methyl sites for hydroxylation is 1. The smallest absolute Gasteiger partial charge is 0.256 e. The lowest BCUT2D eigenvalue weighted by atomic mass is 10.0. The van der Waals surface area contributed by atoms with Crippen molar-refractivity contribution in [3.63, 3.8) is 0 Å². The number of hydrogen-bond acceptors (Lipinski definition) is 7. The zero-order valence-corrected chi connectivity index (χ0v) is 21.3. The minimum Gasteiger partial charge on any atom is -0.497 e. The fourth-order valence-corrected chi connectivity index (χ4v) is 6.28. The van der Waals surface area contributed by atoms with Gasteiger partial charge in [-0.15, -0.1) is 0 Å². The van der Waals surface area contributed by atoms with Gasteiger partial charge in [0.25, 0.3) is 5.91 Å². The van der Waals surface area contributed by atoms with Gasteiger partial charge < -0.3 is 14.8 Å². The van der Waals surface area contributed by atoms with E-state index in [-0.39, 0.29) is 11.5 Å². The molecule has 1 atom stereocenters. The first kappa shape index (κ1) is 24.7. The zero-order chi connectivity index (χ0) is 26.3. The Bertz CT molecular complexity index is 1620. The molecule has 192 valence electrons. The molecule has 9 nitrogen and oxygen atoms in total. The third-order valence-electron chi connectivity index (χ3n) is 6.43. The molecule has 11 heteroatoms. The SMILES string of the molecule is COc1ccc(OC)c(NC(=O)c2cc(-c3ccc(F)cc3)nc3c2c(C)nn3C2CCS(=O)(=O)C2)c1. The van der Waals surface area contributed by atoms with E-state index in [4.69, 9.17) is 14.5 Å². The topological polar surface area (TPSA) is 112 Å². The summed E-state index contributed by atoms with van der Waals surface area (Å²) in [4.78, 5) is 18.4. The van der Waals surface area contributed by atoms with E-state index in [1.165, 1.54) is 26.4 Å². The monoisotopic (exact) mass is 524 g/mol. The van der Waals surface area contributed by atoms with Crippen molar-refractivity contribution in [1.82, 2.24) is 14.8 Å². The second-order valence-electron chi connectivity index (χ2n) is 8.87. The second kappa shape index (κ2) is 9.47. The van der Waals surface area contributed by atoms with Gasteiger partial charge in [-0.1, -0.05) is 0 Å². The van der Waals surface area contributed by atoms with Crippen LogP contribution in [0.15, 0.2) is 48.5 Å². The number of halogens is 1. The van der Waals surface area contributed by atoms with Crippen LogP contribution in [0.3, 0.4) is 0 Å². The van der Waals surface area contributed by atoms with Crippen LogP contribution in [0.2, 0.25) is 0 Å². The summed E-state index contributed by atoms with van der Waals surface area (Å²) in [5, 5.41) is 8.00. The number of anilines is 1. The molecule has 3 heterocycles. The molecule has 1 saturated heterocycles. The van der Waals surface area contributed by atoms with Gasteiger partial charge in [-0.05, 0) is 55.8 Å². The number of benzene rings is 2. The highest BCUT2D eigenvalue weighted by Gasteiger charge is 2.32. The number of nitrogens with one attached hydrogen (secondary N) is 1. The standard InChI is InChI=1S/C26H25FN4O5S/c1-15-24-20(26(32)29-22-12-19(35-2)8-9-23(22)36-3)13-21(16-4-6-17(27)7-5-16)28-25(24)31(30-15)18-10-11-37(33,34)14-18/h4-9,12-13,18H,10-11,14H2,1-3H3,(H,29,32). The van der Waals surface area contributed by atoms with Gasteiger partial charge in [0.2, 0.25) is 0 Å². The predicted octanol–water partition coefficient (Wildman–Crippen LogP) is 4.17. The lowest BCUT2D eigenvalue weighted by molar-refractivity contribution is 0.102. The molecular weight excluding hydrogens is 499 g/mol.